The number of aromatic nitrogens is 2. The Bertz CT molecular complexity index is 1160. The summed E-state index contributed by atoms with van der Waals surface area (Å²) in [6, 6.07) is 9.06. The lowest BCUT2D eigenvalue weighted by Gasteiger charge is -2.14. The Kier molecular flexibility index (Phi) is 8.55. The van der Waals surface area contributed by atoms with Gasteiger partial charge in [-0.3, -0.25) is 10.3 Å². The van der Waals surface area contributed by atoms with Gasteiger partial charge in [-0.2, -0.15) is 0 Å². The smallest absolute Gasteiger partial charge is 0.407 e. The number of nitrogens with zero attached hydrogens (tertiary/aromatic N) is 2. The number of fused-ring (bicyclic) bond motifs is 1. The Balaban J connectivity index is 1.79. The van der Waals surface area contributed by atoms with Gasteiger partial charge < -0.3 is 25.4 Å². The number of urea groups is 1. The minimum Gasteiger partial charge on any atom is -0.446 e. The molecule has 34 heavy (non-hydrogen) atoms. The summed E-state index contributed by atoms with van der Waals surface area (Å²) in [7, 11) is 1.44. The molecule has 4 amide bonds. The van der Waals surface area contributed by atoms with Crippen LogP contribution in [-0.2, 0) is 16.0 Å². The van der Waals surface area contributed by atoms with Gasteiger partial charge in [-0.25, -0.2) is 19.4 Å². The molecule has 3 aromatic rings. The van der Waals surface area contributed by atoms with E-state index in [4.69, 9.17) is 9.47 Å². The SMILES string of the molecule is CCNC(=O)Nc1cc2c(-c3ccncc3)ccc(CNC(=O)OCCOC(=O)NC)c2cn1. The fourth-order valence-electron chi connectivity index (χ4n) is 3.18. The number of hydrogen-bond donors (Lipinski definition) is 4. The number of amides is 4. The van der Waals surface area contributed by atoms with Crippen LogP contribution in [-0.4, -0.2) is 55.0 Å². The fourth-order valence-corrected chi connectivity index (χ4v) is 3.18. The molecule has 0 saturated heterocycles. The van der Waals surface area contributed by atoms with Crippen molar-refractivity contribution in [2.45, 2.75) is 13.5 Å². The monoisotopic (exact) mass is 466 g/mol. The highest BCUT2D eigenvalue weighted by molar-refractivity contribution is 6.00. The number of nitrogens with one attached hydrogen (secondary N) is 4. The average Bonchev–Trinajstić information content (AvgIpc) is 2.85. The molecule has 0 aliphatic carbocycles. The standard InChI is InChI=1S/C23H26N6O5/c1-3-26-21(30)29-20-12-18-17(15-6-8-25-9-7-15)5-4-16(19(18)14-27-20)13-28-23(32)34-11-10-33-22(31)24-2/h4-9,12,14H,3,10-11,13H2,1-2H3,(H,24,31)(H,28,32)(H2,26,27,29,30). The van der Waals surface area contributed by atoms with E-state index in [1.54, 1.807) is 24.7 Å². The molecule has 0 aliphatic rings. The molecule has 0 fully saturated rings. The Labute approximate surface area is 196 Å². The van der Waals surface area contributed by atoms with Crippen LogP contribution >= 0.6 is 0 Å². The molecule has 3 rings (SSSR count). The molecule has 4 N–H and O–H groups in total. The summed E-state index contributed by atoms with van der Waals surface area (Å²) in [6.45, 7) is 2.38. The summed E-state index contributed by atoms with van der Waals surface area (Å²) < 4.78 is 9.79. The Morgan fingerprint density at radius 2 is 1.68 bits per heavy atom. The average molecular weight is 466 g/mol. The first-order valence-electron chi connectivity index (χ1n) is 10.6. The van der Waals surface area contributed by atoms with Gasteiger partial charge in [-0.1, -0.05) is 12.1 Å². The normalized spacial score (nSPS) is 10.3. The number of carbonyl (C=O) groups excluding carboxylic acids is 3. The number of benzene rings is 1. The predicted molar refractivity (Wildman–Crippen MR) is 126 cm³/mol. The third kappa shape index (κ3) is 6.55. The van der Waals surface area contributed by atoms with E-state index in [0.29, 0.717) is 12.4 Å². The molecule has 0 bridgehead atoms. The van der Waals surface area contributed by atoms with E-state index in [2.05, 4.69) is 31.2 Å². The molecule has 0 aliphatic heterocycles. The van der Waals surface area contributed by atoms with E-state index >= 15 is 0 Å². The van der Waals surface area contributed by atoms with Crippen LogP contribution < -0.4 is 21.3 Å². The molecule has 0 saturated carbocycles. The van der Waals surface area contributed by atoms with Gasteiger partial charge >= 0.3 is 18.2 Å². The summed E-state index contributed by atoms with van der Waals surface area (Å²) >= 11 is 0. The third-order valence-electron chi connectivity index (χ3n) is 4.74. The number of alkyl carbamates (subject to hydrolysis) is 2. The lowest BCUT2D eigenvalue weighted by molar-refractivity contribution is 0.0965. The number of anilines is 1. The van der Waals surface area contributed by atoms with Crippen molar-refractivity contribution in [3.05, 3.63) is 54.5 Å². The van der Waals surface area contributed by atoms with E-state index in [1.165, 1.54) is 7.05 Å². The van der Waals surface area contributed by atoms with Crippen molar-refractivity contribution in [1.29, 1.82) is 0 Å². The lowest BCUT2D eigenvalue weighted by Crippen LogP contribution is -2.28. The lowest BCUT2D eigenvalue weighted by atomic mass is 9.96. The number of pyridine rings is 2. The largest absolute Gasteiger partial charge is 0.446 e. The van der Waals surface area contributed by atoms with E-state index in [1.807, 2.05) is 31.2 Å². The van der Waals surface area contributed by atoms with Crippen LogP contribution in [0.1, 0.15) is 12.5 Å². The fraction of sp³-hybridized carbons (Fsp3) is 0.261. The first-order valence-corrected chi connectivity index (χ1v) is 10.6. The van der Waals surface area contributed by atoms with Crippen molar-refractivity contribution in [3.8, 4) is 11.1 Å². The number of ether oxygens (including phenoxy) is 2. The minimum absolute atomic E-state index is 0.0536. The molecular formula is C23H26N6O5. The number of hydrogen-bond acceptors (Lipinski definition) is 7. The van der Waals surface area contributed by atoms with Gasteiger partial charge in [0.05, 0.1) is 0 Å². The zero-order chi connectivity index (χ0) is 24.3. The predicted octanol–water partition coefficient (Wildman–Crippen LogP) is 3.02. The number of carbonyl (C=O) groups is 3. The van der Waals surface area contributed by atoms with E-state index in [9.17, 15) is 14.4 Å². The van der Waals surface area contributed by atoms with Gasteiger partial charge in [-0.05, 0) is 47.2 Å². The van der Waals surface area contributed by atoms with Crippen molar-refractivity contribution < 1.29 is 23.9 Å². The summed E-state index contributed by atoms with van der Waals surface area (Å²) in [5.74, 6) is 0.398. The molecule has 11 heteroatoms. The van der Waals surface area contributed by atoms with Crippen LogP contribution in [0.15, 0.2) is 48.9 Å². The van der Waals surface area contributed by atoms with Crippen molar-refractivity contribution in [1.82, 2.24) is 25.9 Å². The minimum atomic E-state index is -0.644. The Morgan fingerprint density at radius 1 is 0.941 bits per heavy atom. The molecule has 2 heterocycles. The molecule has 1 aromatic carbocycles. The first-order chi connectivity index (χ1) is 16.5. The second-order valence-corrected chi connectivity index (χ2v) is 6.98. The highest BCUT2D eigenvalue weighted by atomic mass is 16.6. The van der Waals surface area contributed by atoms with Crippen LogP contribution in [0.25, 0.3) is 21.9 Å². The topological polar surface area (TPSA) is 144 Å². The second-order valence-electron chi connectivity index (χ2n) is 6.98. The van der Waals surface area contributed by atoms with Gasteiger partial charge in [0, 0.05) is 44.1 Å². The summed E-state index contributed by atoms with van der Waals surface area (Å²) in [5, 5.41) is 12.0. The van der Waals surface area contributed by atoms with Crippen LogP contribution in [0.5, 0.6) is 0 Å². The maximum Gasteiger partial charge on any atom is 0.407 e. The van der Waals surface area contributed by atoms with E-state index < -0.39 is 12.2 Å². The van der Waals surface area contributed by atoms with Gasteiger partial charge in [0.2, 0.25) is 0 Å². The van der Waals surface area contributed by atoms with Gasteiger partial charge in [0.25, 0.3) is 0 Å². The van der Waals surface area contributed by atoms with Gasteiger partial charge in [0.15, 0.2) is 0 Å². The highest BCUT2D eigenvalue weighted by Gasteiger charge is 2.12. The summed E-state index contributed by atoms with van der Waals surface area (Å²) in [4.78, 5) is 43.4. The van der Waals surface area contributed by atoms with Gasteiger partial charge in [-0.15, -0.1) is 0 Å². The molecule has 11 nitrogen and oxygen atoms in total. The maximum absolute atomic E-state index is 12.0. The molecule has 0 unspecified atom stereocenters. The van der Waals surface area contributed by atoms with E-state index in [-0.39, 0.29) is 25.8 Å². The first kappa shape index (κ1) is 24.2. The Morgan fingerprint density at radius 3 is 2.38 bits per heavy atom. The molecule has 0 atom stereocenters. The maximum atomic E-state index is 12.0. The zero-order valence-corrected chi connectivity index (χ0v) is 18.9. The third-order valence-corrected chi connectivity index (χ3v) is 4.74. The molecule has 0 spiro atoms. The second kappa shape index (κ2) is 12.0. The summed E-state index contributed by atoms with van der Waals surface area (Å²) in [5.41, 5.74) is 2.69. The van der Waals surface area contributed by atoms with Crippen LogP contribution in [0, 0.1) is 0 Å². The van der Waals surface area contributed by atoms with Crippen molar-refractivity contribution in [2.24, 2.45) is 0 Å². The van der Waals surface area contributed by atoms with Crippen molar-refractivity contribution >= 4 is 34.8 Å². The van der Waals surface area contributed by atoms with Gasteiger partial charge in [0.1, 0.15) is 19.0 Å². The highest BCUT2D eigenvalue weighted by Crippen LogP contribution is 2.31. The molecule has 178 valence electrons. The Hall–Kier alpha value is -4.41. The number of rotatable bonds is 8. The zero-order valence-electron chi connectivity index (χ0n) is 18.9. The summed E-state index contributed by atoms with van der Waals surface area (Å²) in [6.07, 6.45) is 3.82. The molecule has 2 aromatic heterocycles. The van der Waals surface area contributed by atoms with E-state index in [0.717, 1.165) is 27.5 Å². The van der Waals surface area contributed by atoms with Crippen molar-refractivity contribution in [3.63, 3.8) is 0 Å². The quantitative estimate of drug-likeness (QED) is 0.374. The van der Waals surface area contributed by atoms with Crippen LogP contribution in [0.4, 0.5) is 20.2 Å². The molecule has 0 radical (unpaired) electrons. The van der Waals surface area contributed by atoms with Crippen LogP contribution in [0.3, 0.4) is 0 Å². The van der Waals surface area contributed by atoms with Crippen molar-refractivity contribution in [2.75, 3.05) is 32.1 Å². The van der Waals surface area contributed by atoms with Crippen LogP contribution in [0.2, 0.25) is 0 Å². The molecular weight excluding hydrogens is 440 g/mol.